The van der Waals surface area contributed by atoms with Crippen LogP contribution in [-0.2, 0) is 27.9 Å². The van der Waals surface area contributed by atoms with Crippen LogP contribution in [0.1, 0.15) is 32.4 Å². The van der Waals surface area contributed by atoms with Crippen LogP contribution >= 0.6 is 11.3 Å². The molecular formula is C19H22N2O5S2. The summed E-state index contributed by atoms with van der Waals surface area (Å²) in [5.41, 5.74) is 2.28. The van der Waals surface area contributed by atoms with E-state index in [0.717, 1.165) is 15.7 Å². The average molecular weight is 423 g/mol. The van der Waals surface area contributed by atoms with Gasteiger partial charge in [0, 0.05) is 30.4 Å². The lowest BCUT2D eigenvalue weighted by Crippen LogP contribution is -2.21. The Bertz CT molecular complexity index is 1080. The van der Waals surface area contributed by atoms with Crippen molar-refractivity contribution in [3.05, 3.63) is 63.3 Å². The zero-order chi connectivity index (χ0) is 20.5. The van der Waals surface area contributed by atoms with E-state index in [2.05, 4.69) is 10.6 Å². The van der Waals surface area contributed by atoms with Gasteiger partial charge in [-0.1, -0.05) is 6.07 Å². The van der Waals surface area contributed by atoms with Gasteiger partial charge in [-0.25, -0.2) is 17.5 Å². The van der Waals surface area contributed by atoms with Gasteiger partial charge in [0.1, 0.15) is 12.4 Å². The predicted molar refractivity (Wildman–Crippen MR) is 106 cm³/mol. The quantitative estimate of drug-likeness (QED) is 0.545. The van der Waals surface area contributed by atoms with Crippen molar-refractivity contribution in [2.24, 2.45) is 0 Å². The van der Waals surface area contributed by atoms with Crippen LogP contribution in [-0.4, -0.2) is 37.4 Å². The molecule has 3 rings (SSSR count). The summed E-state index contributed by atoms with van der Waals surface area (Å²) in [7, 11) is -0.817. The highest BCUT2D eigenvalue weighted by molar-refractivity contribution is 7.88. The van der Waals surface area contributed by atoms with Crippen LogP contribution in [0.4, 0.5) is 0 Å². The Hall–Kier alpha value is -2.36. The van der Waals surface area contributed by atoms with Crippen molar-refractivity contribution in [1.82, 2.24) is 8.87 Å². The van der Waals surface area contributed by atoms with Gasteiger partial charge in [0.15, 0.2) is 0 Å². The van der Waals surface area contributed by atoms with Crippen molar-refractivity contribution in [1.29, 1.82) is 0 Å². The summed E-state index contributed by atoms with van der Waals surface area (Å²) in [6.07, 6.45) is 0. The molecule has 0 saturated heterocycles. The molecule has 3 aromatic rings. The molecule has 28 heavy (non-hydrogen) atoms. The molecule has 0 bridgehead atoms. The normalized spacial score (nSPS) is 11.9. The van der Waals surface area contributed by atoms with E-state index in [-0.39, 0.29) is 17.5 Å². The molecule has 0 aromatic carbocycles. The second-order valence-corrected chi connectivity index (χ2v) is 9.65. The first-order chi connectivity index (χ1) is 13.2. The molecule has 0 amide bonds. The van der Waals surface area contributed by atoms with E-state index in [1.54, 1.807) is 17.4 Å². The summed E-state index contributed by atoms with van der Waals surface area (Å²) in [5, 5.41) is 1.84. The van der Waals surface area contributed by atoms with Gasteiger partial charge in [-0.3, -0.25) is 0 Å². The number of nitrogens with zero attached hydrogens (tertiary/aromatic N) is 2. The second-order valence-electron chi connectivity index (χ2n) is 6.53. The largest absolute Gasteiger partial charge is 0.454 e. The maximum absolute atomic E-state index is 12.5. The molecule has 0 saturated carbocycles. The summed E-state index contributed by atoms with van der Waals surface area (Å²) >= 11 is 1.66. The highest BCUT2D eigenvalue weighted by Crippen LogP contribution is 2.21. The number of hydrogen-bond donors (Lipinski definition) is 0. The average Bonchev–Trinajstić information content (AvgIpc) is 3.37. The van der Waals surface area contributed by atoms with Gasteiger partial charge in [-0.05, 0) is 43.5 Å². The van der Waals surface area contributed by atoms with E-state index >= 15 is 0 Å². The number of aryl methyl sites for hydroxylation is 1. The van der Waals surface area contributed by atoms with Crippen molar-refractivity contribution in [3.8, 4) is 0 Å². The molecule has 0 aliphatic rings. The van der Waals surface area contributed by atoms with Gasteiger partial charge in [-0.2, -0.15) is 0 Å². The van der Waals surface area contributed by atoms with Crippen LogP contribution in [0.2, 0.25) is 0 Å². The van der Waals surface area contributed by atoms with Crippen LogP contribution in [0.3, 0.4) is 0 Å². The maximum Gasteiger partial charge on any atom is 0.340 e. The Morgan fingerprint density at radius 3 is 2.64 bits per heavy atom. The van der Waals surface area contributed by atoms with Crippen LogP contribution in [0.5, 0.6) is 0 Å². The van der Waals surface area contributed by atoms with Crippen LogP contribution in [0, 0.1) is 13.8 Å². The van der Waals surface area contributed by atoms with Gasteiger partial charge in [0.05, 0.1) is 12.1 Å². The molecule has 0 spiro atoms. The van der Waals surface area contributed by atoms with E-state index < -0.39 is 16.0 Å². The lowest BCUT2D eigenvalue weighted by atomic mass is 10.2. The number of hydrogen-bond acceptors (Lipinski definition) is 6. The highest BCUT2D eigenvalue weighted by atomic mass is 32.2. The number of sulfonamides is 1. The van der Waals surface area contributed by atoms with E-state index in [4.69, 9.17) is 9.15 Å². The first kappa shape index (κ1) is 20.4. The zero-order valence-corrected chi connectivity index (χ0v) is 17.8. The third kappa shape index (κ3) is 4.06. The number of ether oxygens (including phenoxy) is 1. The zero-order valence-electron chi connectivity index (χ0n) is 16.1. The Labute approximate surface area is 168 Å². The van der Waals surface area contributed by atoms with E-state index in [1.165, 1.54) is 31.1 Å². The summed E-state index contributed by atoms with van der Waals surface area (Å²) in [6.45, 7) is 4.39. The first-order valence-corrected chi connectivity index (χ1v) is 10.9. The molecular weight excluding hydrogens is 400 g/mol. The van der Waals surface area contributed by atoms with E-state index in [9.17, 15) is 13.2 Å². The molecule has 0 fully saturated rings. The van der Waals surface area contributed by atoms with Gasteiger partial charge >= 0.3 is 5.97 Å². The number of carbonyl (C=O) groups is 1. The topological polar surface area (TPSA) is 81.8 Å². The SMILES string of the molecule is Cc1cc(C(=O)OCc2ccc(S(=O)(=O)N(C)C)o2)c(C)n1Cc1cccs1. The minimum Gasteiger partial charge on any atom is -0.454 e. The summed E-state index contributed by atoms with van der Waals surface area (Å²) in [6, 6.07) is 8.69. The number of carbonyl (C=O) groups excluding carboxylic acids is 1. The molecule has 0 N–H and O–H groups in total. The van der Waals surface area contributed by atoms with Crippen molar-refractivity contribution < 1.29 is 22.4 Å². The molecule has 0 radical (unpaired) electrons. The molecule has 150 valence electrons. The number of furan rings is 1. The number of esters is 1. The fraction of sp³-hybridized carbons (Fsp3) is 0.316. The van der Waals surface area contributed by atoms with Crippen LogP contribution in [0.15, 0.2) is 45.2 Å². The third-order valence-corrected chi connectivity index (χ3v) is 6.96. The Kier molecular flexibility index (Phi) is 5.78. The summed E-state index contributed by atoms with van der Waals surface area (Å²) < 4.78 is 37.9. The molecule has 0 aliphatic heterocycles. The molecule has 9 heteroatoms. The second kappa shape index (κ2) is 7.94. The van der Waals surface area contributed by atoms with Crippen LogP contribution in [0.25, 0.3) is 0 Å². The molecule has 7 nitrogen and oxygen atoms in total. The minimum atomic E-state index is -3.66. The van der Waals surface area contributed by atoms with Gasteiger partial charge in [0.25, 0.3) is 10.0 Å². The molecule has 0 aliphatic carbocycles. The Balaban J connectivity index is 1.70. The Morgan fingerprint density at radius 2 is 2.00 bits per heavy atom. The lowest BCUT2D eigenvalue weighted by Gasteiger charge is -2.09. The smallest absolute Gasteiger partial charge is 0.340 e. The monoisotopic (exact) mass is 422 g/mol. The van der Waals surface area contributed by atoms with Crippen molar-refractivity contribution >= 4 is 27.3 Å². The Morgan fingerprint density at radius 1 is 1.25 bits per heavy atom. The lowest BCUT2D eigenvalue weighted by molar-refractivity contribution is 0.0439. The third-order valence-electron chi connectivity index (χ3n) is 4.41. The summed E-state index contributed by atoms with van der Waals surface area (Å²) in [5.74, 6) is -0.208. The summed E-state index contributed by atoms with van der Waals surface area (Å²) in [4.78, 5) is 13.7. The van der Waals surface area contributed by atoms with Crippen molar-refractivity contribution in [2.75, 3.05) is 14.1 Å². The molecule has 3 aromatic heterocycles. The minimum absolute atomic E-state index is 0.142. The number of thiophene rings is 1. The highest BCUT2D eigenvalue weighted by Gasteiger charge is 2.22. The van der Waals surface area contributed by atoms with Gasteiger partial charge in [-0.15, -0.1) is 11.3 Å². The van der Waals surface area contributed by atoms with Crippen molar-refractivity contribution in [3.63, 3.8) is 0 Å². The fourth-order valence-electron chi connectivity index (χ4n) is 2.78. The number of rotatable bonds is 7. The predicted octanol–water partition coefficient (Wildman–Crippen LogP) is 3.42. The van der Waals surface area contributed by atoms with Crippen LogP contribution < -0.4 is 0 Å². The van der Waals surface area contributed by atoms with E-state index in [1.807, 2.05) is 25.3 Å². The van der Waals surface area contributed by atoms with E-state index in [0.29, 0.717) is 12.1 Å². The standard InChI is InChI=1S/C19H22N2O5S2/c1-13-10-17(14(2)21(13)11-16-6-5-9-27-16)19(22)25-12-15-7-8-18(26-15)28(23,24)20(3)4/h5-10H,11-12H2,1-4H3. The first-order valence-electron chi connectivity index (χ1n) is 8.57. The fourth-order valence-corrected chi connectivity index (χ4v) is 4.28. The van der Waals surface area contributed by atoms with Gasteiger partial charge < -0.3 is 13.7 Å². The number of aromatic nitrogens is 1. The van der Waals surface area contributed by atoms with Gasteiger partial charge in [0.2, 0.25) is 5.09 Å². The van der Waals surface area contributed by atoms with Crippen molar-refractivity contribution in [2.45, 2.75) is 32.1 Å². The molecule has 3 heterocycles. The molecule has 0 atom stereocenters. The molecule has 0 unspecified atom stereocenters. The maximum atomic E-state index is 12.5.